The molecule has 158 valence electrons. The van der Waals surface area contributed by atoms with E-state index in [1.165, 1.54) is 0 Å². The van der Waals surface area contributed by atoms with Crippen LogP contribution in [0.1, 0.15) is 18.9 Å². The van der Waals surface area contributed by atoms with Crippen molar-refractivity contribution in [3.8, 4) is 28.1 Å². The van der Waals surface area contributed by atoms with Crippen molar-refractivity contribution >= 4 is 12.4 Å². The fourth-order valence-electron chi connectivity index (χ4n) is 2.99. The Labute approximate surface area is 180 Å². The highest BCUT2D eigenvalue weighted by Crippen LogP contribution is 2.27. The summed E-state index contributed by atoms with van der Waals surface area (Å²) in [6, 6.07) is 17.7. The molecule has 0 fully saturated rings. The van der Waals surface area contributed by atoms with Crippen LogP contribution in [-0.4, -0.2) is 24.0 Å². The topological polar surface area (TPSA) is 65.5 Å². The van der Waals surface area contributed by atoms with Gasteiger partial charge >= 0.3 is 5.97 Å². The number of halogens is 1. The summed E-state index contributed by atoms with van der Waals surface area (Å²) in [5.41, 5.74) is 3.81. The molecule has 0 amide bonds. The van der Waals surface area contributed by atoms with Gasteiger partial charge in [0.25, 0.3) is 6.47 Å². The number of hydrogen-bond acceptors (Lipinski definition) is 5. The number of aromatic nitrogens is 1. The number of ether oxygens (including phenoxy) is 2. The number of pyridine rings is 1. The van der Waals surface area contributed by atoms with Gasteiger partial charge in [0, 0.05) is 16.7 Å². The Bertz CT molecular complexity index is 1080. The van der Waals surface area contributed by atoms with Crippen LogP contribution in [0, 0.1) is 5.95 Å². The molecule has 0 aliphatic rings. The van der Waals surface area contributed by atoms with E-state index in [2.05, 4.69) is 11.6 Å². The van der Waals surface area contributed by atoms with Gasteiger partial charge in [-0.2, -0.15) is 4.39 Å². The molecule has 0 aliphatic heterocycles. The quantitative estimate of drug-likeness (QED) is 0.158. The van der Waals surface area contributed by atoms with Gasteiger partial charge in [-0.15, -0.1) is 0 Å². The zero-order chi connectivity index (χ0) is 22.2. The summed E-state index contributed by atoms with van der Waals surface area (Å²) in [5, 5.41) is 0. The van der Waals surface area contributed by atoms with Gasteiger partial charge in [0.15, 0.2) is 0 Å². The van der Waals surface area contributed by atoms with Crippen LogP contribution in [0.3, 0.4) is 0 Å². The molecule has 0 bridgehead atoms. The third-order valence-corrected chi connectivity index (χ3v) is 4.64. The molecule has 3 aromatic rings. The first-order valence-electron chi connectivity index (χ1n) is 9.77. The molecule has 31 heavy (non-hydrogen) atoms. The number of carbonyl (C=O) groups excluding carboxylic acids is 2. The summed E-state index contributed by atoms with van der Waals surface area (Å²) in [4.78, 5) is 25.8. The lowest BCUT2D eigenvalue weighted by atomic mass is 10.0. The lowest BCUT2D eigenvalue weighted by Gasteiger charge is -2.08. The molecule has 3 rings (SSSR count). The Hall–Kier alpha value is -3.80. The van der Waals surface area contributed by atoms with E-state index in [9.17, 15) is 14.0 Å². The van der Waals surface area contributed by atoms with Crippen molar-refractivity contribution < 1.29 is 23.5 Å². The maximum absolute atomic E-state index is 14.6. The predicted octanol–water partition coefficient (Wildman–Crippen LogP) is 5.14. The molecule has 0 saturated heterocycles. The molecular weight excluding hydrogens is 397 g/mol. The van der Waals surface area contributed by atoms with Crippen molar-refractivity contribution in [1.29, 1.82) is 0 Å². The number of rotatable bonds is 9. The number of hydrogen-bond donors (Lipinski definition) is 0. The molecule has 0 unspecified atom stereocenters. The van der Waals surface area contributed by atoms with Gasteiger partial charge in [-0.05, 0) is 55.2 Å². The van der Waals surface area contributed by atoms with Gasteiger partial charge in [-0.3, -0.25) is 4.79 Å². The first-order chi connectivity index (χ1) is 15.0. The van der Waals surface area contributed by atoms with Crippen LogP contribution in [0.15, 0.2) is 72.8 Å². The van der Waals surface area contributed by atoms with Crippen molar-refractivity contribution in [2.45, 2.75) is 19.8 Å². The van der Waals surface area contributed by atoms with Crippen LogP contribution in [0.5, 0.6) is 5.75 Å². The fourth-order valence-corrected chi connectivity index (χ4v) is 2.99. The number of aryl methyl sites for hydroxylation is 1. The first-order valence-corrected chi connectivity index (χ1v) is 9.77. The standard InChI is InChI=1S/C25H22FNO4/c1-17(2)25(29)30-15-3-4-18-5-7-20(8-6-18)23-14-13-22(24(26)27-23)19-9-11-21(12-10-19)31-16-28/h5-14,16H,1,3-4,15H2,2H3. The summed E-state index contributed by atoms with van der Waals surface area (Å²) in [7, 11) is 0. The lowest BCUT2D eigenvalue weighted by Crippen LogP contribution is -2.06. The number of carbonyl (C=O) groups is 2. The highest BCUT2D eigenvalue weighted by Gasteiger charge is 2.10. The number of esters is 1. The second-order valence-corrected chi connectivity index (χ2v) is 6.99. The first kappa shape index (κ1) is 21.9. The minimum atomic E-state index is -0.579. The van der Waals surface area contributed by atoms with Gasteiger partial charge in [-0.25, -0.2) is 9.78 Å². The third-order valence-electron chi connectivity index (χ3n) is 4.64. The second kappa shape index (κ2) is 10.3. The van der Waals surface area contributed by atoms with Crippen molar-refractivity contribution in [2.75, 3.05) is 6.61 Å². The Kier molecular flexibility index (Phi) is 7.27. The summed E-state index contributed by atoms with van der Waals surface area (Å²) < 4.78 is 24.5. The fraction of sp³-hybridized carbons (Fsp3) is 0.160. The second-order valence-electron chi connectivity index (χ2n) is 6.99. The van der Waals surface area contributed by atoms with Gasteiger partial charge < -0.3 is 9.47 Å². The van der Waals surface area contributed by atoms with E-state index in [1.807, 2.05) is 24.3 Å². The van der Waals surface area contributed by atoms with E-state index in [0.717, 1.165) is 17.5 Å². The number of benzene rings is 2. The monoisotopic (exact) mass is 419 g/mol. The summed E-state index contributed by atoms with van der Waals surface area (Å²) >= 11 is 0. The molecule has 0 spiro atoms. The smallest absolute Gasteiger partial charge is 0.333 e. The Morgan fingerprint density at radius 3 is 2.32 bits per heavy atom. The SMILES string of the molecule is C=C(C)C(=O)OCCCc1ccc(-c2ccc(-c3ccc(OC=O)cc3)c(F)n2)cc1. The molecule has 6 heteroatoms. The van der Waals surface area contributed by atoms with E-state index in [0.29, 0.717) is 47.6 Å². The van der Waals surface area contributed by atoms with Crippen LogP contribution < -0.4 is 4.74 Å². The highest BCUT2D eigenvalue weighted by molar-refractivity contribution is 5.86. The van der Waals surface area contributed by atoms with Crippen molar-refractivity contribution in [2.24, 2.45) is 0 Å². The molecule has 5 nitrogen and oxygen atoms in total. The minimum Gasteiger partial charge on any atom is -0.462 e. The van der Waals surface area contributed by atoms with Gasteiger partial charge in [-0.1, -0.05) is 43.0 Å². The third kappa shape index (κ3) is 5.85. The Morgan fingerprint density at radius 1 is 1.03 bits per heavy atom. The maximum atomic E-state index is 14.6. The molecule has 0 atom stereocenters. The summed E-state index contributed by atoms with van der Waals surface area (Å²) in [6.45, 7) is 5.84. The van der Waals surface area contributed by atoms with Crippen LogP contribution in [0.2, 0.25) is 0 Å². The normalized spacial score (nSPS) is 10.4. The van der Waals surface area contributed by atoms with Crippen LogP contribution in [-0.2, 0) is 20.7 Å². The summed E-state index contributed by atoms with van der Waals surface area (Å²) in [6.07, 6.45) is 1.46. The molecule has 0 aliphatic carbocycles. The minimum absolute atomic E-state index is 0.337. The number of nitrogens with zero attached hydrogens (tertiary/aromatic N) is 1. The average molecular weight is 419 g/mol. The molecule has 1 heterocycles. The van der Waals surface area contributed by atoms with E-state index < -0.39 is 5.95 Å². The zero-order valence-corrected chi connectivity index (χ0v) is 17.1. The van der Waals surface area contributed by atoms with Gasteiger partial charge in [0.1, 0.15) is 5.75 Å². The summed E-state index contributed by atoms with van der Waals surface area (Å²) in [5.74, 6) is -0.570. The van der Waals surface area contributed by atoms with E-state index >= 15 is 0 Å². The lowest BCUT2D eigenvalue weighted by molar-refractivity contribution is -0.139. The Morgan fingerprint density at radius 2 is 1.71 bits per heavy atom. The van der Waals surface area contributed by atoms with Crippen molar-refractivity contribution in [3.63, 3.8) is 0 Å². The predicted molar refractivity (Wildman–Crippen MR) is 116 cm³/mol. The van der Waals surface area contributed by atoms with E-state index in [-0.39, 0.29) is 5.97 Å². The molecule has 0 saturated carbocycles. The molecule has 1 aromatic heterocycles. The van der Waals surface area contributed by atoms with Crippen molar-refractivity contribution in [1.82, 2.24) is 4.98 Å². The van der Waals surface area contributed by atoms with Crippen molar-refractivity contribution in [3.05, 3.63) is 84.3 Å². The van der Waals surface area contributed by atoms with Gasteiger partial charge in [0.05, 0.1) is 12.3 Å². The van der Waals surface area contributed by atoms with Gasteiger partial charge in [0.2, 0.25) is 5.95 Å². The molecule has 2 aromatic carbocycles. The molecule has 0 N–H and O–H groups in total. The highest BCUT2D eigenvalue weighted by atomic mass is 19.1. The van der Waals surface area contributed by atoms with E-state index in [4.69, 9.17) is 9.47 Å². The Balaban J connectivity index is 1.63. The largest absolute Gasteiger partial charge is 0.462 e. The molecule has 0 radical (unpaired) electrons. The van der Waals surface area contributed by atoms with E-state index in [1.54, 1.807) is 43.3 Å². The average Bonchev–Trinajstić information content (AvgIpc) is 2.78. The van der Waals surface area contributed by atoms with Crippen LogP contribution >= 0.6 is 0 Å². The van der Waals surface area contributed by atoms with Crippen LogP contribution in [0.4, 0.5) is 4.39 Å². The maximum Gasteiger partial charge on any atom is 0.333 e. The molecular formula is C25H22FNO4. The zero-order valence-electron chi connectivity index (χ0n) is 17.1. The van der Waals surface area contributed by atoms with Crippen LogP contribution in [0.25, 0.3) is 22.4 Å².